The van der Waals surface area contributed by atoms with E-state index in [1.54, 1.807) is 31.4 Å². The molecule has 4 nitrogen and oxygen atoms in total. The molecule has 0 fully saturated rings. The zero-order chi connectivity index (χ0) is 14.1. The quantitative estimate of drug-likeness (QED) is 0.548. The maximum absolute atomic E-state index is 12.0. The van der Waals surface area contributed by atoms with Gasteiger partial charge in [0.2, 0.25) is 0 Å². The molecule has 1 aromatic rings. The maximum atomic E-state index is 12.0. The molecule has 0 bridgehead atoms. The molecule has 0 aliphatic heterocycles. The van der Waals surface area contributed by atoms with E-state index in [-0.39, 0.29) is 12.4 Å². The second-order valence-corrected chi connectivity index (χ2v) is 4.67. The van der Waals surface area contributed by atoms with Crippen LogP contribution in [0.2, 0.25) is 0 Å². The molecule has 0 saturated heterocycles. The summed E-state index contributed by atoms with van der Waals surface area (Å²) < 4.78 is 5.06. The Morgan fingerprint density at radius 2 is 1.89 bits per heavy atom. The van der Waals surface area contributed by atoms with Crippen molar-refractivity contribution in [3.05, 3.63) is 29.8 Å². The van der Waals surface area contributed by atoms with E-state index in [2.05, 4.69) is 0 Å². The summed E-state index contributed by atoms with van der Waals surface area (Å²) >= 11 is 0. The topological polar surface area (TPSA) is 49.8 Å². The number of aliphatic hydroxyl groups is 1. The van der Waals surface area contributed by atoms with Crippen molar-refractivity contribution >= 4 is 5.78 Å². The van der Waals surface area contributed by atoms with Crippen molar-refractivity contribution in [1.82, 2.24) is 4.90 Å². The molecule has 0 saturated carbocycles. The van der Waals surface area contributed by atoms with Gasteiger partial charge in [0.1, 0.15) is 5.75 Å². The molecule has 0 aromatic heterocycles. The number of ether oxygens (including phenoxy) is 1. The Balaban J connectivity index is 2.36. The minimum atomic E-state index is 0.118. The van der Waals surface area contributed by atoms with Gasteiger partial charge in [0.25, 0.3) is 0 Å². The van der Waals surface area contributed by atoms with Crippen molar-refractivity contribution in [2.75, 3.05) is 33.9 Å². The summed E-state index contributed by atoms with van der Waals surface area (Å²) in [4.78, 5) is 14.0. The molecule has 1 N–H and O–H groups in total. The zero-order valence-electron chi connectivity index (χ0n) is 11.8. The van der Waals surface area contributed by atoms with E-state index in [9.17, 15) is 4.79 Å². The van der Waals surface area contributed by atoms with Gasteiger partial charge in [-0.15, -0.1) is 0 Å². The standard InChI is InChI=1S/C15H23NO3/c1-16(10-4-3-5-11-17)12-15(18)13-6-8-14(19-2)9-7-13/h6-9,17H,3-5,10-12H2,1-2H3. The summed E-state index contributed by atoms with van der Waals surface area (Å²) in [5, 5.41) is 8.69. The van der Waals surface area contributed by atoms with Crippen molar-refractivity contribution in [1.29, 1.82) is 0 Å². The number of unbranched alkanes of at least 4 members (excludes halogenated alkanes) is 2. The lowest BCUT2D eigenvalue weighted by molar-refractivity contribution is 0.0945. The van der Waals surface area contributed by atoms with Crippen LogP contribution in [0, 0.1) is 0 Å². The van der Waals surface area contributed by atoms with E-state index in [1.165, 1.54) is 0 Å². The molecule has 1 rings (SSSR count). The summed E-state index contributed by atoms with van der Waals surface area (Å²) in [6.07, 6.45) is 2.84. The highest BCUT2D eigenvalue weighted by molar-refractivity contribution is 5.97. The average Bonchev–Trinajstić information content (AvgIpc) is 2.43. The van der Waals surface area contributed by atoms with Gasteiger partial charge < -0.3 is 9.84 Å². The number of benzene rings is 1. The Morgan fingerprint density at radius 1 is 1.21 bits per heavy atom. The molecule has 0 aliphatic carbocycles. The first-order chi connectivity index (χ1) is 9.17. The van der Waals surface area contributed by atoms with Crippen molar-refractivity contribution in [2.24, 2.45) is 0 Å². The Kier molecular flexibility index (Phi) is 7.15. The molecular weight excluding hydrogens is 242 g/mol. The second-order valence-electron chi connectivity index (χ2n) is 4.67. The Morgan fingerprint density at radius 3 is 2.47 bits per heavy atom. The smallest absolute Gasteiger partial charge is 0.176 e. The summed E-state index contributed by atoms with van der Waals surface area (Å²) in [7, 11) is 3.55. The molecule has 4 heteroatoms. The SMILES string of the molecule is COc1ccc(C(=O)CN(C)CCCCCO)cc1. The van der Waals surface area contributed by atoms with Crippen molar-refractivity contribution < 1.29 is 14.6 Å². The number of likely N-dealkylation sites (N-methyl/N-ethyl adjacent to an activating group) is 1. The first-order valence-corrected chi connectivity index (χ1v) is 6.64. The number of hydrogen-bond acceptors (Lipinski definition) is 4. The fraction of sp³-hybridized carbons (Fsp3) is 0.533. The van der Waals surface area contributed by atoms with Gasteiger partial charge in [-0.05, 0) is 57.1 Å². The number of hydrogen-bond donors (Lipinski definition) is 1. The number of carbonyl (C=O) groups is 1. The van der Waals surface area contributed by atoms with E-state index in [0.717, 1.165) is 31.6 Å². The number of nitrogens with zero attached hydrogens (tertiary/aromatic N) is 1. The molecule has 0 unspecified atom stereocenters. The van der Waals surface area contributed by atoms with Gasteiger partial charge in [-0.1, -0.05) is 0 Å². The largest absolute Gasteiger partial charge is 0.497 e. The third-order valence-electron chi connectivity index (χ3n) is 3.02. The monoisotopic (exact) mass is 265 g/mol. The summed E-state index contributed by atoms with van der Waals surface area (Å²) in [6.45, 7) is 1.54. The molecule has 1 aromatic carbocycles. The van der Waals surface area contributed by atoms with E-state index < -0.39 is 0 Å². The lowest BCUT2D eigenvalue weighted by Crippen LogP contribution is -2.27. The van der Waals surface area contributed by atoms with Gasteiger partial charge in [-0.25, -0.2) is 0 Å². The normalized spacial score (nSPS) is 10.7. The summed E-state index contributed by atoms with van der Waals surface area (Å²) in [5.74, 6) is 0.876. The predicted molar refractivity (Wildman–Crippen MR) is 75.8 cm³/mol. The summed E-state index contributed by atoms with van der Waals surface area (Å²) in [6, 6.07) is 7.19. The fourth-order valence-corrected chi connectivity index (χ4v) is 1.86. The van der Waals surface area contributed by atoms with Gasteiger partial charge in [0, 0.05) is 12.2 Å². The number of Topliss-reactive ketones (excluding diaryl/α,β-unsaturated/α-hetero) is 1. The highest BCUT2D eigenvalue weighted by atomic mass is 16.5. The van der Waals surface area contributed by atoms with Crippen LogP contribution >= 0.6 is 0 Å². The van der Waals surface area contributed by atoms with Gasteiger partial charge in [0.05, 0.1) is 13.7 Å². The molecule has 0 heterocycles. The third-order valence-corrected chi connectivity index (χ3v) is 3.02. The molecule has 0 atom stereocenters. The molecule has 106 valence electrons. The lowest BCUT2D eigenvalue weighted by Gasteiger charge is -2.15. The minimum absolute atomic E-state index is 0.118. The zero-order valence-corrected chi connectivity index (χ0v) is 11.8. The highest BCUT2D eigenvalue weighted by Crippen LogP contribution is 2.12. The van der Waals surface area contributed by atoms with E-state index >= 15 is 0 Å². The van der Waals surface area contributed by atoms with E-state index in [1.807, 2.05) is 11.9 Å². The van der Waals surface area contributed by atoms with Crippen LogP contribution in [0.1, 0.15) is 29.6 Å². The highest BCUT2D eigenvalue weighted by Gasteiger charge is 2.09. The van der Waals surface area contributed by atoms with Crippen LogP contribution < -0.4 is 4.74 Å². The van der Waals surface area contributed by atoms with Crippen LogP contribution in [0.3, 0.4) is 0 Å². The van der Waals surface area contributed by atoms with Gasteiger partial charge >= 0.3 is 0 Å². The fourth-order valence-electron chi connectivity index (χ4n) is 1.86. The average molecular weight is 265 g/mol. The molecule has 0 radical (unpaired) electrons. The number of methoxy groups -OCH3 is 1. The predicted octanol–water partition coefficient (Wildman–Crippen LogP) is 1.97. The number of ketones is 1. The van der Waals surface area contributed by atoms with Crippen molar-refractivity contribution in [2.45, 2.75) is 19.3 Å². The Labute approximate surface area is 115 Å². The lowest BCUT2D eigenvalue weighted by atomic mass is 10.1. The minimum Gasteiger partial charge on any atom is -0.497 e. The molecule has 19 heavy (non-hydrogen) atoms. The molecule has 0 aliphatic rings. The van der Waals surface area contributed by atoms with Crippen molar-refractivity contribution in [3.63, 3.8) is 0 Å². The molecular formula is C15H23NO3. The van der Waals surface area contributed by atoms with E-state index in [0.29, 0.717) is 12.1 Å². The first-order valence-electron chi connectivity index (χ1n) is 6.64. The molecule has 0 spiro atoms. The number of rotatable bonds is 9. The molecule has 0 amide bonds. The van der Waals surface area contributed by atoms with Crippen LogP contribution in [0.15, 0.2) is 24.3 Å². The second kappa shape index (κ2) is 8.67. The van der Waals surface area contributed by atoms with Crippen LogP contribution in [0.4, 0.5) is 0 Å². The summed E-state index contributed by atoms with van der Waals surface area (Å²) in [5.41, 5.74) is 0.711. The third kappa shape index (κ3) is 5.85. The van der Waals surface area contributed by atoms with Crippen LogP contribution in [-0.4, -0.2) is 49.6 Å². The van der Waals surface area contributed by atoms with Gasteiger partial charge in [-0.2, -0.15) is 0 Å². The maximum Gasteiger partial charge on any atom is 0.176 e. The van der Waals surface area contributed by atoms with Crippen molar-refractivity contribution in [3.8, 4) is 5.75 Å². The Bertz CT molecular complexity index is 375. The number of aliphatic hydroxyl groups excluding tert-OH is 1. The van der Waals surface area contributed by atoms with Crippen LogP contribution in [0.25, 0.3) is 0 Å². The number of carbonyl (C=O) groups excluding carboxylic acids is 1. The van der Waals surface area contributed by atoms with Crippen LogP contribution in [-0.2, 0) is 0 Å². The van der Waals surface area contributed by atoms with E-state index in [4.69, 9.17) is 9.84 Å². The van der Waals surface area contributed by atoms with Gasteiger partial charge in [-0.3, -0.25) is 9.69 Å². The Hall–Kier alpha value is -1.39. The first kappa shape index (κ1) is 15.7. The van der Waals surface area contributed by atoms with Crippen LogP contribution in [0.5, 0.6) is 5.75 Å². The van der Waals surface area contributed by atoms with Gasteiger partial charge in [0.15, 0.2) is 5.78 Å².